The Bertz CT molecular complexity index is 429. The first-order valence-electron chi connectivity index (χ1n) is 6.39. The van der Waals surface area contributed by atoms with E-state index in [1.54, 1.807) is 0 Å². The van der Waals surface area contributed by atoms with Gasteiger partial charge < -0.3 is 15.6 Å². The van der Waals surface area contributed by atoms with E-state index in [9.17, 15) is 0 Å². The molecule has 1 atom stereocenters. The van der Waals surface area contributed by atoms with Gasteiger partial charge in [-0.15, -0.1) is 0 Å². The molecule has 3 N–H and O–H groups in total. The molecule has 1 fully saturated rings. The van der Waals surface area contributed by atoms with Gasteiger partial charge in [0.2, 0.25) is 0 Å². The quantitative estimate of drug-likeness (QED) is 0.828. The molecule has 0 radical (unpaired) electrons. The monoisotopic (exact) mass is 257 g/mol. The predicted octanol–water partition coefficient (Wildman–Crippen LogP) is 2.11. The van der Waals surface area contributed by atoms with Crippen molar-refractivity contribution in [2.45, 2.75) is 12.1 Å². The maximum absolute atomic E-state index is 8.08. The summed E-state index contributed by atoms with van der Waals surface area (Å²) in [5, 5.41) is 8.08. The summed E-state index contributed by atoms with van der Waals surface area (Å²) >= 11 is 0. The average molecular weight is 257 g/mol. The van der Waals surface area contributed by atoms with Crippen LogP contribution in [0.1, 0.15) is 17.2 Å². The number of rotatable bonds is 3. The SMILES string of the molecule is NC(c1ccccc1)c1ccccc1.OCC1CO1. The minimum atomic E-state index is -0.0163. The van der Waals surface area contributed by atoms with Gasteiger partial charge in [0.1, 0.15) is 6.10 Å². The van der Waals surface area contributed by atoms with Crippen molar-refractivity contribution in [3.63, 3.8) is 0 Å². The average Bonchev–Trinajstić information content (AvgIpc) is 3.33. The first kappa shape index (κ1) is 13.7. The van der Waals surface area contributed by atoms with Crippen molar-refractivity contribution in [1.82, 2.24) is 0 Å². The Morgan fingerprint density at radius 1 is 1.00 bits per heavy atom. The molecule has 1 unspecified atom stereocenters. The van der Waals surface area contributed by atoms with Crippen LogP contribution in [0.2, 0.25) is 0 Å². The van der Waals surface area contributed by atoms with Crippen molar-refractivity contribution in [3.8, 4) is 0 Å². The maximum Gasteiger partial charge on any atom is 0.104 e. The van der Waals surface area contributed by atoms with Crippen molar-refractivity contribution in [1.29, 1.82) is 0 Å². The molecule has 100 valence electrons. The van der Waals surface area contributed by atoms with Gasteiger partial charge in [-0.25, -0.2) is 0 Å². The van der Waals surface area contributed by atoms with E-state index in [2.05, 4.69) is 29.0 Å². The largest absolute Gasteiger partial charge is 0.394 e. The van der Waals surface area contributed by atoms with Crippen LogP contribution in [0.4, 0.5) is 0 Å². The molecule has 0 aromatic heterocycles. The number of benzene rings is 2. The van der Waals surface area contributed by atoms with Gasteiger partial charge in [-0.2, -0.15) is 0 Å². The summed E-state index contributed by atoms with van der Waals surface area (Å²) in [5.74, 6) is 0. The molecule has 1 aliphatic rings. The summed E-state index contributed by atoms with van der Waals surface area (Å²) in [4.78, 5) is 0. The molecule has 0 spiro atoms. The molecule has 0 bridgehead atoms. The molecule has 3 heteroatoms. The van der Waals surface area contributed by atoms with Gasteiger partial charge in [0.15, 0.2) is 0 Å². The lowest BCUT2D eigenvalue weighted by atomic mass is 10.00. The van der Waals surface area contributed by atoms with E-state index in [0.29, 0.717) is 0 Å². The molecule has 0 amide bonds. The van der Waals surface area contributed by atoms with Gasteiger partial charge in [-0.3, -0.25) is 0 Å². The lowest BCUT2D eigenvalue weighted by molar-refractivity contribution is 0.244. The minimum absolute atomic E-state index is 0.0163. The smallest absolute Gasteiger partial charge is 0.104 e. The highest BCUT2D eigenvalue weighted by Gasteiger charge is 2.19. The Morgan fingerprint density at radius 2 is 1.42 bits per heavy atom. The number of aliphatic hydroxyl groups excluding tert-OH is 1. The van der Waals surface area contributed by atoms with Crippen LogP contribution >= 0.6 is 0 Å². The molecule has 1 aliphatic heterocycles. The number of aliphatic hydroxyl groups is 1. The Balaban J connectivity index is 0.000000224. The highest BCUT2D eigenvalue weighted by atomic mass is 16.6. The maximum atomic E-state index is 8.08. The first-order valence-corrected chi connectivity index (χ1v) is 6.39. The Morgan fingerprint density at radius 3 is 1.68 bits per heavy atom. The number of epoxide rings is 1. The van der Waals surface area contributed by atoms with E-state index in [1.165, 1.54) is 0 Å². The minimum Gasteiger partial charge on any atom is -0.394 e. The molecular weight excluding hydrogens is 238 g/mol. The summed E-state index contributed by atoms with van der Waals surface area (Å²) in [6.07, 6.45) is 0.190. The van der Waals surface area contributed by atoms with Gasteiger partial charge in [-0.1, -0.05) is 60.7 Å². The van der Waals surface area contributed by atoms with Gasteiger partial charge in [0.05, 0.1) is 19.3 Å². The third-order valence-electron chi connectivity index (χ3n) is 2.92. The molecular formula is C16H19NO2. The highest BCUT2D eigenvalue weighted by molar-refractivity contribution is 5.30. The topological polar surface area (TPSA) is 58.8 Å². The van der Waals surface area contributed by atoms with Crippen molar-refractivity contribution < 1.29 is 9.84 Å². The second kappa shape index (κ2) is 7.04. The molecule has 1 saturated heterocycles. The molecule has 3 nitrogen and oxygen atoms in total. The second-order valence-electron chi connectivity index (χ2n) is 4.44. The Labute approximate surface area is 113 Å². The van der Waals surface area contributed by atoms with Crippen LogP contribution in [0.5, 0.6) is 0 Å². The summed E-state index contributed by atoms with van der Waals surface area (Å²) in [6, 6.07) is 20.2. The third kappa shape index (κ3) is 4.48. The zero-order valence-corrected chi connectivity index (χ0v) is 10.8. The second-order valence-corrected chi connectivity index (χ2v) is 4.44. The molecule has 3 rings (SSSR count). The predicted molar refractivity (Wildman–Crippen MR) is 75.7 cm³/mol. The zero-order valence-electron chi connectivity index (χ0n) is 10.8. The number of ether oxygens (including phenoxy) is 1. The fraction of sp³-hybridized carbons (Fsp3) is 0.250. The fourth-order valence-corrected chi connectivity index (χ4v) is 1.69. The van der Waals surface area contributed by atoms with Crippen LogP contribution in [0.25, 0.3) is 0 Å². The lowest BCUT2D eigenvalue weighted by Crippen LogP contribution is -2.11. The van der Waals surface area contributed by atoms with Gasteiger partial charge >= 0.3 is 0 Å². The Hall–Kier alpha value is -1.68. The molecule has 2 aromatic rings. The molecule has 19 heavy (non-hydrogen) atoms. The van der Waals surface area contributed by atoms with Crippen molar-refractivity contribution >= 4 is 0 Å². The summed E-state index contributed by atoms with van der Waals surface area (Å²) in [7, 11) is 0. The van der Waals surface area contributed by atoms with E-state index in [-0.39, 0.29) is 18.8 Å². The molecule has 2 aromatic carbocycles. The molecule has 0 saturated carbocycles. The molecule has 0 aliphatic carbocycles. The zero-order chi connectivity index (χ0) is 13.5. The summed E-state index contributed by atoms with van der Waals surface area (Å²) in [6.45, 7) is 0.955. The highest BCUT2D eigenvalue weighted by Crippen LogP contribution is 2.18. The van der Waals surface area contributed by atoms with Crippen molar-refractivity contribution in [2.75, 3.05) is 13.2 Å². The lowest BCUT2D eigenvalue weighted by Gasteiger charge is -2.11. The van der Waals surface area contributed by atoms with Crippen LogP contribution in [0.3, 0.4) is 0 Å². The van der Waals surface area contributed by atoms with E-state index >= 15 is 0 Å². The fourth-order valence-electron chi connectivity index (χ4n) is 1.69. The summed E-state index contributed by atoms with van der Waals surface area (Å²) in [5.41, 5.74) is 8.42. The van der Waals surface area contributed by atoms with E-state index in [4.69, 9.17) is 10.8 Å². The number of hydrogen-bond donors (Lipinski definition) is 2. The van der Waals surface area contributed by atoms with Gasteiger partial charge in [0.25, 0.3) is 0 Å². The van der Waals surface area contributed by atoms with Crippen molar-refractivity contribution in [2.24, 2.45) is 5.73 Å². The van der Waals surface area contributed by atoms with E-state index < -0.39 is 0 Å². The standard InChI is InChI=1S/C13H13N.C3H6O2/c14-13(11-7-3-1-4-8-11)12-9-5-2-6-10-12;4-1-3-2-5-3/h1-10,13H,14H2;3-4H,1-2H2. The van der Waals surface area contributed by atoms with E-state index in [1.807, 2.05) is 36.4 Å². The summed E-state index contributed by atoms with van der Waals surface area (Å²) < 4.78 is 4.61. The van der Waals surface area contributed by atoms with Crippen LogP contribution < -0.4 is 5.73 Å². The van der Waals surface area contributed by atoms with Gasteiger partial charge in [0, 0.05) is 0 Å². The first-order chi connectivity index (χ1) is 9.31. The van der Waals surface area contributed by atoms with E-state index in [0.717, 1.165) is 17.7 Å². The third-order valence-corrected chi connectivity index (χ3v) is 2.92. The number of hydrogen-bond acceptors (Lipinski definition) is 3. The van der Waals surface area contributed by atoms with Crippen LogP contribution in [0, 0.1) is 0 Å². The number of nitrogens with two attached hydrogens (primary N) is 1. The van der Waals surface area contributed by atoms with Crippen molar-refractivity contribution in [3.05, 3.63) is 71.8 Å². The van der Waals surface area contributed by atoms with Crippen LogP contribution in [0.15, 0.2) is 60.7 Å². The normalized spacial score (nSPS) is 16.7. The van der Waals surface area contributed by atoms with Crippen LogP contribution in [-0.2, 0) is 4.74 Å². The van der Waals surface area contributed by atoms with Crippen LogP contribution in [-0.4, -0.2) is 24.4 Å². The molecule has 1 heterocycles. The van der Waals surface area contributed by atoms with Gasteiger partial charge in [-0.05, 0) is 11.1 Å². The Kier molecular flexibility index (Phi) is 5.10.